The standard InChI is InChI=1S/C13H10BrF2NO2S/c14-12-5-4-11(7-13(12)16)20(18,19)17-8-9-2-1-3-10(15)6-9/h1-7,17H,8H2. The molecule has 0 aliphatic heterocycles. The summed E-state index contributed by atoms with van der Waals surface area (Å²) in [5.74, 6) is -1.12. The highest BCUT2D eigenvalue weighted by atomic mass is 79.9. The van der Waals surface area contributed by atoms with Crippen LogP contribution in [-0.4, -0.2) is 8.42 Å². The number of halogens is 3. The Morgan fingerprint density at radius 2 is 1.85 bits per heavy atom. The van der Waals surface area contributed by atoms with Gasteiger partial charge in [0.05, 0.1) is 9.37 Å². The van der Waals surface area contributed by atoms with Gasteiger partial charge in [-0.1, -0.05) is 12.1 Å². The smallest absolute Gasteiger partial charge is 0.207 e. The molecular weight excluding hydrogens is 352 g/mol. The Morgan fingerprint density at radius 1 is 1.10 bits per heavy atom. The third-order valence-corrected chi connectivity index (χ3v) is 4.60. The molecule has 2 aromatic rings. The number of benzene rings is 2. The molecule has 7 heteroatoms. The summed E-state index contributed by atoms with van der Waals surface area (Å²) in [6, 6.07) is 9.07. The molecule has 0 amide bonds. The van der Waals surface area contributed by atoms with Crippen LogP contribution in [0, 0.1) is 11.6 Å². The second-order valence-corrected chi connectivity index (χ2v) is 6.65. The van der Waals surface area contributed by atoms with Gasteiger partial charge in [0.15, 0.2) is 0 Å². The van der Waals surface area contributed by atoms with E-state index in [1.807, 2.05) is 0 Å². The molecule has 0 fully saturated rings. The number of hydrogen-bond donors (Lipinski definition) is 1. The van der Waals surface area contributed by atoms with Gasteiger partial charge < -0.3 is 0 Å². The molecule has 0 aliphatic carbocycles. The maximum absolute atomic E-state index is 13.3. The van der Waals surface area contributed by atoms with E-state index in [1.165, 1.54) is 30.3 Å². The Labute approximate surface area is 123 Å². The van der Waals surface area contributed by atoms with E-state index in [0.29, 0.717) is 5.56 Å². The second-order valence-electron chi connectivity index (χ2n) is 4.03. The molecule has 3 nitrogen and oxygen atoms in total. The van der Waals surface area contributed by atoms with E-state index in [-0.39, 0.29) is 15.9 Å². The summed E-state index contributed by atoms with van der Waals surface area (Å²) < 4.78 is 52.7. The topological polar surface area (TPSA) is 46.2 Å². The summed E-state index contributed by atoms with van der Waals surface area (Å²) in [6.07, 6.45) is 0. The van der Waals surface area contributed by atoms with Crippen LogP contribution in [0.2, 0.25) is 0 Å². The third-order valence-electron chi connectivity index (χ3n) is 2.56. The molecule has 20 heavy (non-hydrogen) atoms. The molecular formula is C13H10BrF2NO2S. The Bertz CT molecular complexity index is 735. The molecule has 0 aliphatic rings. The summed E-state index contributed by atoms with van der Waals surface area (Å²) in [4.78, 5) is -0.186. The molecule has 0 bridgehead atoms. The lowest BCUT2D eigenvalue weighted by atomic mass is 10.2. The fraction of sp³-hybridized carbons (Fsp3) is 0.0769. The van der Waals surface area contributed by atoms with Gasteiger partial charge in [0.2, 0.25) is 10.0 Å². The van der Waals surface area contributed by atoms with Gasteiger partial charge in [-0.15, -0.1) is 0 Å². The molecule has 1 N–H and O–H groups in total. The first kappa shape index (κ1) is 15.1. The van der Waals surface area contributed by atoms with Crippen molar-refractivity contribution in [3.63, 3.8) is 0 Å². The molecule has 0 saturated heterocycles. The number of rotatable bonds is 4. The molecule has 0 radical (unpaired) electrons. The van der Waals surface area contributed by atoms with Gasteiger partial charge in [-0.3, -0.25) is 0 Å². The van der Waals surface area contributed by atoms with E-state index in [4.69, 9.17) is 0 Å². The van der Waals surface area contributed by atoms with E-state index in [0.717, 1.165) is 6.07 Å². The predicted octanol–water partition coefficient (Wildman–Crippen LogP) is 3.21. The first-order valence-electron chi connectivity index (χ1n) is 5.58. The van der Waals surface area contributed by atoms with Crippen LogP contribution in [0.5, 0.6) is 0 Å². The van der Waals surface area contributed by atoms with Crippen molar-refractivity contribution < 1.29 is 17.2 Å². The summed E-state index contributed by atoms with van der Waals surface area (Å²) in [6.45, 7) is -0.0717. The summed E-state index contributed by atoms with van der Waals surface area (Å²) in [5.41, 5.74) is 0.478. The zero-order valence-electron chi connectivity index (χ0n) is 10.1. The molecule has 0 spiro atoms. The normalized spacial score (nSPS) is 11.6. The lowest BCUT2D eigenvalue weighted by Crippen LogP contribution is -2.23. The maximum atomic E-state index is 13.3. The van der Waals surface area contributed by atoms with Crippen molar-refractivity contribution in [1.82, 2.24) is 4.72 Å². The van der Waals surface area contributed by atoms with E-state index < -0.39 is 21.7 Å². The molecule has 0 heterocycles. The minimum absolute atomic E-state index is 0.0717. The maximum Gasteiger partial charge on any atom is 0.240 e. The Balaban J connectivity index is 2.17. The van der Waals surface area contributed by atoms with Crippen molar-refractivity contribution >= 4 is 26.0 Å². The van der Waals surface area contributed by atoms with Crippen LogP contribution >= 0.6 is 15.9 Å². The van der Waals surface area contributed by atoms with Crippen LogP contribution < -0.4 is 4.72 Å². The number of nitrogens with one attached hydrogen (secondary N) is 1. The quantitative estimate of drug-likeness (QED) is 0.908. The van der Waals surface area contributed by atoms with Crippen LogP contribution in [0.15, 0.2) is 51.8 Å². The average Bonchev–Trinajstić information content (AvgIpc) is 2.40. The van der Waals surface area contributed by atoms with Gasteiger partial charge in [-0.25, -0.2) is 21.9 Å². The van der Waals surface area contributed by atoms with Crippen LogP contribution in [0.4, 0.5) is 8.78 Å². The van der Waals surface area contributed by atoms with E-state index in [2.05, 4.69) is 20.7 Å². The second kappa shape index (κ2) is 5.99. The Kier molecular flexibility index (Phi) is 4.52. The minimum Gasteiger partial charge on any atom is -0.207 e. The highest BCUT2D eigenvalue weighted by Crippen LogP contribution is 2.19. The molecule has 0 aromatic heterocycles. The van der Waals surface area contributed by atoms with Gasteiger partial charge in [-0.05, 0) is 51.8 Å². The summed E-state index contributed by atoms with van der Waals surface area (Å²) >= 11 is 2.95. The minimum atomic E-state index is -3.84. The lowest BCUT2D eigenvalue weighted by molar-refractivity contribution is 0.576. The van der Waals surface area contributed by atoms with Gasteiger partial charge >= 0.3 is 0 Å². The van der Waals surface area contributed by atoms with Crippen molar-refractivity contribution in [1.29, 1.82) is 0 Å². The molecule has 2 rings (SSSR count). The van der Waals surface area contributed by atoms with Crippen molar-refractivity contribution in [3.05, 3.63) is 64.1 Å². The molecule has 106 valence electrons. The van der Waals surface area contributed by atoms with Gasteiger partial charge in [0.1, 0.15) is 11.6 Å². The van der Waals surface area contributed by atoms with Crippen molar-refractivity contribution in [3.8, 4) is 0 Å². The van der Waals surface area contributed by atoms with E-state index in [9.17, 15) is 17.2 Å². The molecule has 0 unspecified atom stereocenters. The van der Waals surface area contributed by atoms with Crippen LogP contribution in [-0.2, 0) is 16.6 Å². The van der Waals surface area contributed by atoms with Crippen LogP contribution in [0.3, 0.4) is 0 Å². The Morgan fingerprint density at radius 3 is 2.50 bits per heavy atom. The Hall–Kier alpha value is -1.31. The van der Waals surface area contributed by atoms with Crippen molar-refractivity contribution in [2.45, 2.75) is 11.4 Å². The molecule has 2 aromatic carbocycles. The zero-order valence-corrected chi connectivity index (χ0v) is 12.5. The fourth-order valence-corrected chi connectivity index (χ4v) is 2.83. The first-order valence-corrected chi connectivity index (χ1v) is 7.85. The summed E-state index contributed by atoms with van der Waals surface area (Å²) in [5, 5.41) is 0. The molecule has 0 saturated carbocycles. The largest absolute Gasteiger partial charge is 0.240 e. The zero-order chi connectivity index (χ0) is 14.8. The SMILES string of the molecule is O=S(=O)(NCc1cccc(F)c1)c1ccc(Br)c(F)c1. The fourth-order valence-electron chi connectivity index (χ4n) is 1.55. The number of hydrogen-bond acceptors (Lipinski definition) is 2. The molecule has 0 atom stereocenters. The average molecular weight is 362 g/mol. The third kappa shape index (κ3) is 3.62. The van der Waals surface area contributed by atoms with Gasteiger partial charge in [0.25, 0.3) is 0 Å². The van der Waals surface area contributed by atoms with E-state index >= 15 is 0 Å². The van der Waals surface area contributed by atoms with Gasteiger partial charge in [-0.2, -0.15) is 0 Å². The highest BCUT2D eigenvalue weighted by molar-refractivity contribution is 9.10. The summed E-state index contributed by atoms with van der Waals surface area (Å²) in [7, 11) is -3.84. The van der Waals surface area contributed by atoms with Crippen LogP contribution in [0.1, 0.15) is 5.56 Å². The van der Waals surface area contributed by atoms with Crippen molar-refractivity contribution in [2.75, 3.05) is 0 Å². The first-order chi connectivity index (χ1) is 9.38. The highest BCUT2D eigenvalue weighted by Gasteiger charge is 2.15. The predicted molar refractivity (Wildman–Crippen MR) is 74.5 cm³/mol. The van der Waals surface area contributed by atoms with Crippen molar-refractivity contribution in [2.24, 2.45) is 0 Å². The van der Waals surface area contributed by atoms with Crippen LogP contribution in [0.25, 0.3) is 0 Å². The monoisotopic (exact) mass is 361 g/mol. The number of sulfonamides is 1. The van der Waals surface area contributed by atoms with Gasteiger partial charge in [0, 0.05) is 6.54 Å². The van der Waals surface area contributed by atoms with E-state index in [1.54, 1.807) is 6.07 Å². The lowest BCUT2D eigenvalue weighted by Gasteiger charge is -2.07.